The third-order valence-corrected chi connectivity index (χ3v) is 8.12. The van der Waals surface area contributed by atoms with Gasteiger partial charge in [0.2, 0.25) is 5.78 Å². The van der Waals surface area contributed by atoms with Crippen molar-refractivity contribution in [1.82, 2.24) is 9.97 Å². The fraction of sp³-hybridized carbons (Fsp3) is 0.545. The third kappa shape index (κ3) is 9.81. The monoisotopic (exact) mass is 518 g/mol. The summed E-state index contributed by atoms with van der Waals surface area (Å²) < 4.78 is 0. The number of carbonyl (C=O) groups is 1. The van der Waals surface area contributed by atoms with Crippen LogP contribution in [0.3, 0.4) is 0 Å². The van der Waals surface area contributed by atoms with Gasteiger partial charge in [0.15, 0.2) is 5.82 Å². The van der Waals surface area contributed by atoms with Crippen LogP contribution in [-0.2, 0) is 12.8 Å². The molecule has 2 heterocycles. The Labute approximate surface area is 229 Å². The first-order valence-corrected chi connectivity index (χ1v) is 15.6. The average Bonchev–Trinajstić information content (AvgIpc) is 3.40. The molecule has 0 saturated carbocycles. The number of aromatic nitrogens is 2. The molecule has 0 fully saturated rings. The predicted octanol–water partition coefficient (Wildman–Crippen LogP) is 10.0. The Hall–Kier alpha value is -2.33. The van der Waals surface area contributed by atoms with Crippen LogP contribution in [0.15, 0.2) is 48.0 Å². The quantitative estimate of drug-likeness (QED) is 0.117. The molecule has 0 aliphatic rings. The molecule has 1 aromatic carbocycles. The molecule has 0 N–H and O–H groups in total. The first-order valence-electron chi connectivity index (χ1n) is 14.8. The minimum absolute atomic E-state index is 0.0970. The molecule has 0 aliphatic carbocycles. The van der Waals surface area contributed by atoms with Crippen molar-refractivity contribution < 1.29 is 4.79 Å². The van der Waals surface area contributed by atoms with Gasteiger partial charge in [-0.2, -0.15) is 0 Å². The maximum atomic E-state index is 13.6. The second kappa shape index (κ2) is 17.2. The molecule has 0 bridgehead atoms. The van der Waals surface area contributed by atoms with E-state index in [1.807, 2.05) is 36.5 Å². The maximum absolute atomic E-state index is 13.6. The van der Waals surface area contributed by atoms with Crippen molar-refractivity contribution in [3.8, 4) is 11.4 Å². The molecule has 3 nitrogen and oxygen atoms in total. The van der Waals surface area contributed by atoms with Crippen molar-refractivity contribution in [2.45, 2.75) is 117 Å². The number of benzene rings is 1. The fourth-order valence-corrected chi connectivity index (χ4v) is 5.84. The van der Waals surface area contributed by atoms with Gasteiger partial charge in [-0.15, -0.1) is 11.3 Å². The van der Waals surface area contributed by atoms with Gasteiger partial charge in [0, 0.05) is 23.0 Å². The zero-order chi connectivity index (χ0) is 26.1. The standard InChI is InChI=1S/C33H46N2OS/c1-3-5-7-9-10-11-12-13-14-16-20-28-23-25-34-33(35-28)30-22-18-17-21-29(30)31(36)32-27(24-26-37-32)19-15-8-6-4-2/h17-18,21-26H,3-16,19-20H2,1-2H3. The number of carbonyl (C=O) groups excluding carboxylic acids is 1. The van der Waals surface area contributed by atoms with Crippen LogP contribution in [-0.4, -0.2) is 15.8 Å². The minimum atomic E-state index is 0.0970. The van der Waals surface area contributed by atoms with E-state index in [0.29, 0.717) is 11.4 Å². The normalized spacial score (nSPS) is 11.2. The zero-order valence-corrected chi connectivity index (χ0v) is 24.0. The molecule has 0 atom stereocenters. The molecule has 0 saturated heterocycles. The van der Waals surface area contributed by atoms with Crippen molar-refractivity contribution in [1.29, 1.82) is 0 Å². The Morgan fingerprint density at radius 1 is 0.730 bits per heavy atom. The average molecular weight is 519 g/mol. The molecular formula is C33H46N2OS. The van der Waals surface area contributed by atoms with Gasteiger partial charge >= 0.3 is 0 Å². The first-order chi connectivity index (χ1) is 18.2. The van der Waals surface area contributed by atoms with E-state index >= 15 is 0 Å². The van der Waals surface area contributed by atoms with E-state index < -0.39 is 0 Å². The number of rotatable bonds is 19. The lowest BCUT2D eigenvalue weighted by molar-refractivity contribution is 0.104. The zero-order valence-electron chi connectivity index (χ0n) is 23.1. The lowest BCUT2D eigenvalue weighted by atomic mass is 9.98. The van der Waals surface area contributed by atoms with Gasteiger partial charge in [-0.1, -0.05) is 115 Å². The van der Waals surface area contributed by atoms with Crippen LogP contribution >= 0.6 is 11.3 Å². The van der Waals surface area contributed by atoms with E-state index in [1.165, 1.54) is 82.6 Å². The highest BCUT2D eigenvalue weighted by Gasteiger charge is 2.20. The molecule has 4 heteroatoms. The summed E-state index contributed by atoms with van der Waals surface area (Å²) in [5.74, 6) is 0.759. The first kappa shape index (κ1) is 29.2. The summed E-state index contributed by atoms with van der Waals surface area (Å²) in [6, 6.07) is 12.0. The van der Waals surface area contributed by atoms with Gasteiger partial charge in [0.05, 0.1) is 4.88 Å². The van der Waals surface area contributed by atoms with E-state index in [1.54, 1.807) is 11.3 Å². The number of unbranched alkanes of at least 4 members (excludes halogenated alkanes) is 12. The van der Waals surface area contributed by atoms with E-state index in [4.69, 9.17) is 4.98 Å². The topological polar surface area (TPSA) is 42.9 Å². The van der Waals surface area contributed by atoms with E-state index in [9.17, 15) is 4.79 Å². The van der Waals surface area contributed by atoms with Crippen molar-refractivity contribution in [3.63, 3.8) is 0 Å². The van der Waals surface area contributed by atoms with Gasteiger partial charge in [0.1, 0.15) is 0 Å². The highest BCUT2D eigenvalue weighted by Crippen LogP contribution is 2.28. The lowest BCUT2D eigenvalue weighted by Gasteiger charge is -2.10. The Kier molecular flexibility index (Phi) is 13.6. The van der Waals surface area contributed by atoms with Crippen LogP contribution in [0.1, 0.15) is 130 Å². The van der Waals surface area contributed by atoms with Gasteiger partial charge in [-0.3, -0.25) is 4.79 Å². The summed E-state index contributed by atoms with van der Waals surface area (Å²) in [5, 5.41) is 2.05. The summed E-state index contributed by atoms with van der Waals surface area (Å²) in [7, 11) is 0. The molecule has 0 radical (unpaired) electrons. The number of nitrogens with zero attached hydrogens (tertiary/aromatic N) is 2. The Morgan fingerprint density at radius 2 is 1.35 bits per heavy atom. The summed E-state index contributed by atoms with van der Waals surface area (Å²) in [5.41, 5.74) is 3.79. The summed E-state index contributed by atoms with van der Waals surface area (Å²) in [4.78, 5) is 23.9. The highest BCUT2D eigenvalue weighted by atomic mass is 32.1. The van der Waals surface area contributed by atoms with Crippen LogP contribution in [0, 0.1) is 0 Å². The summed E-state index contributed by atoms with van der Waals surface area (Å²) in [6.07, 6.45) is 21.9. The summed E-state index contributed by atoms with van der Waals surface area (Å²) >= 11 is 1.56. The van der Waals surface area contributed by atoms with Crippen molar-refractivity contribution in [2.24, 2.45) is 0 Å². The Morgan fingerprint density at radius 3 is 2.08 bits per heavy atom. The number of ketones is 1. The summed E-state index contributed by atoms with van der Waals surface area (Å²) in [6.45, 7) is 4.50. The van der Waals surface area contributed by atoms with E-state index in [2.05, 4.69) is 30.3 Å². The predicted molar refractivity (Wildman–Crippen MR) is 159 cm³/mol. The van der Waals surface area contributed by atoms with Gasteiger partial charge < -0.3 is 0 Å². The molecule has 200 valence electrons. The van der Waals surface area contributed by atoms with Crippen molar-refractivity contribution in [3.05, 3.63) is 69.7 Å². The van der Waals surface area contributed by atoms with Crippen LogP contribution in [0.2, 0.25) is 0 Å². The molecule has 37 heavy (non-hydrogen) atoms. The number of hydrogen-bond donors (Lipinski definition) is 0. The molecule has 0 spiro atoms. The number of aryl methyl sites for hydroxylation is 2. The largest absolute Gasteiger partial charge is 0.288 e. The molecule has 0 unspecified atom stereocenters. The van der Waals surface area contributed by atoms with Gasteiger partial charge in [0.25, 0.3) is 0 Å². The van der Waals surface area contributed by atoms with Crippen LogP contribution in [0.5, 0.6) is 0 Å². The van der Waals surface area contributed by atoms with Gasteiger partial charge in [-0.25, -0.2) is 9.97 Å². The molecular weight excluding hydrogens is 472 g/mol. The van der Waals surface area contributed by atoms with Crippen LogP contribution in [0.25, 0.3) is 11.4 Å². The molecule has 3 aromatic rings. The molecule has 2 aromatic heterocycles. The Balaban J connectivity index is 1.56. The SMILES string of the molecule is CCCCCCCCCCCCc1ccnc(-c2ccccc2C(=O)c2sccc2CCCCCC)n1. The maximum Gasteiger partial charge on any atom is 0.203 e. The van der Waals surface area contributed by atoms with Crippen LogP contribution < -0.4 is 0 Å². The lowest BCUT2D eigenvalue weighted by Crippen LogP contribution is -2.06. The molecule has 3 rings (SSSR count). The van der Waals surface area contributed by atoms with E-state index in [0.717, 1.165) is 41.8 Å². The van der Waals surface area contributed by atoms with Gasteiger partial charge in [-0.05, 0) is 48.8 Å². The second-order valence-corrected chi connectivity index (χ2v) is 11.2. The number of hydrogen-bond acceptors (Lipinski definition) is 4. The van der Waals surface area contributed by atoms with E-state index in [-0.39, 0.29) is 5.78 Å². The molecule has 0 amide bonds. The second-order valence-electron chi connectivity index (χ2n) is 10.3. The smallest absolute Gasteiger partial charge is 0.203 e. The molecule has 0 aliphatic heterocycles. The van der Waals surface area contributed by atoms with Crippen molar-refractivity contribution in [2.75, 3.05) is 0 Å². The Bertz CT molecular complexity index is 1060. The van der Waals surface area contributed by atoms with Crippen LogP contribution in [0.4, 0.5) is 0 Å². The highest BCUT2D eigenvalue weighted by molar-refractivity contribution is 7.12. The van der Waals surface area contributed by atoms with Crippen molar-refractivity contribution >= 4 is 17.1 Å². The fourth-order valence-electron chi connectivity index (χ4n) is 4.93. The number of thiophene rings is 1. The third-order valence-electron chi connectivity index (χ3n) is 7.16. The minimum Gasteiger partial charge on any atom is -0.288 e.